The molecule has 0 aromatic rings. The average Bonchev–Trinajstić information content (AvgIpc) is 2.45. The maximum Gasteiger partial charge on any atom is 0.407 e. The second-order valence-corrected chi connectivity index (χ2v) is 5.01. The molecule has 1 aliphatic rings. The van der Waals surface area contributed by atoms with Gasteiger partial charge < -0.3 is 15.4 Å². The molecule has 5 heteroatoms. The van der Waals surface area contributed by atoms with Crippen LogP contribution in [0, 0.1) is 12.3 Å². The molecule has 0 bridgehead atoms. The van der Waals surface area contributed by atoms with Crippen molar-refractivity contribution in [3.63, 3.8) is 0 Å². The molecule has 20 heavy (non-hydrogen) atoms. The van der Waals surface area contributed by atoms with Gasteiger partial charge in [0.2, 0.25) is 5.91 Å². The zero-order valence-electron chi connectivity index (χ0n) is 12.0. The van der Waals surface area contributed by atoms with Gasteiger partial charge in [0.25, 0.3) is 0 Å². The minimum Gasteiger partial charge on any atom is -0.450 e. The molecule has 1 aliphatic heterocycles. The first-order chi connectivity index (χ1) is 9.74. The fourth-order valence-electron chi connectivity index (χ4n) is 1.97. The van der Waals surface area contributed by atoms with E-state index in [2.05, 4.69) is 16.6 Å². The summed E-state index contributed by atoms with van der Waals surface area (Å²) in [5.41, 5.74) is 0. The standard InChI is InChI=1S/C15H24N2O3/c1-2-3-4-5-6-7-8-9-10-11-20-15(19)17-13-12-16-14(13)18/h1,13H,3-12H2,(H,16,18)(H,17,19)/t13-/m0/s1. The highest BCUT2D eigenvalue weighted by atomic mass is 16.5. The molecule has 0 aromatic carbocycles. The van der Waals surface area contributed by atoms with E-state index in [9.17, 15) is 9.59 Å². The summed E-state index contributed by atoms with van der Waals surface area (Å²) in [5.74, 6) is 2.50. The Balaban J connectivity index is 1.81. The molecule has 1 heterocycles. The van der Waals surface area contributed by atoms with Crippen molar-refractivity contribution in [1.82, 2.24) is 10.6 Å². The Labute approximate surface area is 120 Å². The Morgan fingerprint density at radius 3 is 2.45 bits per heavy atom. The molecule has 0 radical (unpaired) electrons. The Hall–Kier alpha value is -1.70. The number of nitrogens with one attached hydrogen (secondary N) is 2. The van der Waals surface area contributed by atoms with E-state index in [4.69, 9.17) is 11.2 Å². The van der Waals surface area contributed by atoms with Crippen molar-refractivity contribution in [3.05, 3.63) is 0 Å². The Morgan fingerprint density at radius 2 is 1.90 bits per heavy atom. The van der Waals surface area contributed by atoms with Gasteiger partial charge in [0.1, 0.15) is 6.04 Å². The van der Waals surface area contributed by atoms with Crippen LogP contribution in [0.15, 0.2) is 0 Å². The van der Waals surface area contributed by atoms with Gasteiger partial charge in [-0.25, -0.2) is 4.79 Å². The molecule has 2 N–H and O–H groups in total. The van der Waals surface area contributed by atoms with Gasteiger partial charge in [-0.1, -0.05) is 32.1 Å². The topological polar surface area (TPSA) is 67.4 Å². The molecule has 112 valence electrons. The van der Waals surface area contributed by atoms with Gasteiger partial charge in [-0.3, -0.25) is 4.79 Å². The van der Waals surface area contributed by atoms with Gasteiger partial charge >= 0.3 is 6.09 Å². The van der Waals surface area contributed by atoms with Crippen LogP contribution in [0.4, 0.5) is 4.79 Å². The highest BCUT2D eigenvalue weighted by molar-refractivity contribution is 5.90. The van der Waals surface area contributed by atoms with Crippen LogP contribution in [-0.2, 0) is 9.53 Å². The van der Waals surface area contributed by atoms with E-state index >= 15 is 0 Å². The fraction of sp³-hybridized carbons (Fsp3) is 0.733. The van der Waals surface area contributed by atoms with E-state index in [-0.39, 0.29) is 5.91 Å². The SMILES string of the molecule is C#CCCCCCCCCCOC(=O)N[C@H]1CNC1=O. The fourth-order valence-corrected chi connectivity index (χ4v) is 1.97. The lowest BCUT2D eigenvalue weighted by Crippen LogP contribution is -2.61. The van der Waals surface area contributed by atoms with Crippen LogP contribution >= 0.6 is 0 Å². The summed E-state index contributed by atoms with van der Waals surface area (Å²) >= 11 is 0. The second kappa shape index (κ2) is 10.1. The van der Waals surface area contributed by atoms with Gasteiger partial charge in [0.15, 0.2) is 0 Å². The summed E-state index contributed by atoms with van der Waals surface area (Å²) in [4.78, 5) is 22.2. The number of β-lactam (4-membered cyclic amide) rings is 1. The highest BCUT2D eigenvalue weighted by Crippen LogP contribution is 2.08. The second-order valence-electron chi connectivity index (χ2n) is 5.01. The summed E-state index contributed by atoms with van der Waals surface area (Å²) < 4.78 is 5.00. The molecule has 1 saturated heterocycles. The normalized spacial score (nSPS) is 16.8. The van der Waals surface area contributed by atoms with Crippen molar-refractivity contribution in [3.8, 4) is 12.3 Å². The molecule has 1 rings (SSSR count). The number of rotatable bonds is 10. The summed E-state index contributed by atoms with van der Waals surface area (Å²) in [6, 6.07) is -0.412. The monoisotopic (exact) mass is 280 g/mol. The molecule has 0 unspecified atom stereocenters. The molecule has 5 nitrogen and oxygen atoms in total. The van der Waals surface area contributed by atoms with Crippen molar-refractivity contribution in [2.24, 2.45) is 0 Å². The molecule has 1 atom stereocenters. The van der Waals surface area contributed by atoms with Crippen LogP contribution in [-0.4, -0.2) is 31.2 Å². The van der Waals surface area contributed by atoms with E-state index < -0.39 is 12.1 Å². The number of ether oxygens (including phenoxy) is 1. The van der Waals surface area contributed by atoms with Crippen molar-refractivity contribution in [2.45, 2.75) is 57.4 Å². The third kappa shape index (κ3) is 7.03. The third-order valence-electron chi connectivity index (χ3n) is 3.29. The molecule has 2 amide bonds. The molecule has 0 aromatic heterocycles. The number of hydrogen-bond acceptors (Lipinski definition) is 3. The summed E-state index contributed by atoms with van der Waals surface area (Å²) in [7, 11) is 0. The first kappa shape index (κ1) is 16.4. The first-order valence-electron chi connectivity index (χ1n) is 7.38. The van der Waals surface area contributed by atoms with Gasteiger partial charge in [-0.05, 0) is 12.8 Å². The number of alkyl carbamates (subject to hydrolysis) is 1. The third-order valence-corrected chi connectivity index (χ3v) is 3.29. The quantitative estimate of drug-likeness (QED) is 0.365. The maximum atomic E-state index is 11.3. The minimum atomic E-state index is -0.501. The van der Waals surface area contributed by atoms with E-state index in [1.54, 1.807) is 0 Å². The van der Waals surface area contributed by atoms with E-state index in [0.717, 1.165) is 32.1 Å². The molecule has 0 aliphatic carbocycles. The summed E-state index contributed by atoms with van der Waals surface area (Å²) in [5, 5.41) is 5.06. The van der Waals surface area contributed by atoms with Gasteiger partial charge in [0.05, 0.1) is 6.61 Å². The summed E-state index contributed by atoms with van der Waals surface area (Å²) in [6.45, 7) is 0.908. The predicted octanol–water partition coefficient (Wildman–Crippen LogP) is 1.96. The highest BCUT2D eigenvalue weighted by Gasteiger charge is 2.29. The molecular weight excluding hydrogens is 256 g/mol. The number of amides is 2. The van der Waals surface area contributed by atoms with Crippen LogP contribution in [0.2, 0.25) is 0 Å². The molecule has 0 spiro atoms. The maximum absolute atomic E-state index is 11.3. The van der Waals surface area contributed by atoms with Crippen LogP contribution < -0.4 is 10.6 Å². The Kier molecular flexibility index (Phi) is 8.28. The van der Waals surface area contributed by atoms with Crippen molar-refractivity contribution in [1.29, 1.82) is 0 Å². The smallest absolute Gasteiger partial charge is 0.407 e. The molecular formula is C15H24N2O3. The number of carbonyl (C=O) groups excluding carboxylic acids is 2. The Bertz CT molecular complexity index is 350. The van der Waals surface area contributed by atoms with Gasteiger partial charge in [0, 0.05) is 13.0 Å². The van der Waals surface area contributed by atoms with Gasteiger partial charge in [-0.2, -0.15) is 0 Å². The number of hydrogen-bond donors (Lipinski definition) is 2. The lowest BCUT2D eigenvalue weighted by molar-refractivity contribution is -0.128. The van der Waals surface area contributed by atoms with E-state index in [1.807, 2.05) is 0 Å². The largest absolute Gasteiger partial charge is 0.450 e. The van der Waals surface area contributed by atoms with E-state index in [0.29, 0.717) is 13.2 Å². The van der Waals surface area contributed by atoms with E-state index in [1.165, 1.54) is 19.3 Å². The van der Waals surface area contributed by atoms with Crippen LogP contribution in [0.3, 0.4) is 0 Å². The summed E-state index contributed by atoms with van der Waals surface area (Å²) in [6.07, 6.45) is 13.4. The van der Waals surface area contributed by atoms with Crippen molar-refractivity contribution >= 4 is 12.0 Å². The van der Waals surface area contributed by atoms with Crippen LogP contribution in [0.5, 0.6) is 0 Å². The lowest BCUT2D eigenvalue weighted by atomic mass is 10.1. The van der Waals surface area contributed by atoms with Crippen molar-refractivity contribution in [2.75, 3.05) is 13.2 Å². The number of carbonyl (C=O) groups is 2. The number of terminal acetylenes is 1. The zero-order chi connectivity index (χ0) is 14.6. The lowest BCUT2D eigenvalue weighted by Gasteiger charge is -2.26. The first-order valence-corrected chi connectivity index (χ1v) is 7.38. The predicted molar refractivity (Wildman–Crippen MR) is 77.1 cm³/mol. The van der Waals surface area contributed by atoms with Gasteiger partial charge in [-0.15, -0.1) is 12.3 Å². The van der Waals surface area contributed by atoms with Crippen LogP contribution in [0.25, 0.3) is 0 Å². The molecule has 1 fully saturated rings. The average molecular weight is 280 g/mol. The molecule has 0 saturated carbocycles. The van der Waals surface area contributed by atoms with Crippen molar-refractivity contribution < 1.29 is 14.3 Å². The zero-order valence-corrected chi connectivity index (χ0v) is 12.0. The minimum absolute atomic E-state index is 0.146. The number of unbranched alkanes of at least 4 members (excludes halogenated alkanes) is 7. The Morgan fingerprint density at radius 1 is 1.25 bits per heavy atom. The van der Waals surface area contributed by atoms with Crippen LogP contribution in [0.1, 0.15) is 51.4 Å².